The Kier molecular flexibility index (Phi) is 2.30. The quantitative estimate of drug-likeness (QED) is 0.476. The lowest BCUT2D eigenvalue weighted by Gasteiger charge is -2.17. The molecular weight excluding hydrogens is 120 g/mol. The highest BCUT2D eigenvalue weighted by Gasteiger charge is 2.16. The summed E-state index contributed by atoms with van der Waals surface area (Å²) in [6.07, 6.45) is 0. The molecule has 0 unspecified atom stereocenters. The fourth-order valence-electron chi connectivity index (χ4n) is 0.291. The predicted octanol–water partition coefficient (Wildman–Crippen LogP) is -0.403. The van der Waals surface area contributed by atoms with Crippen LogP contribution in [0.15, 0.2) is 10.2 Å². The molecule has 0 heterocycles. The Morgan fingerprint density at radius 3 is 2.11 bits per heavy atom. The van der Waals surface area contributed by atoms with Gasteiger partial charge in [-0.2, -0.15) is 10.2 Å². The second-order valence-electron chi connectivity index (χ2n) is 2.15. The van der Waals surface area contributed by atoms with Crippen molar-refractivity contribution < 1.29 is 9.90 Å². The van der Waals surface area contributed by atoms with Crippen molar-refractivity contribution in [2.75, 3.05) is 7.05 Å². The van der Waals surface area contributed by atoms with Gasteiger partial charge >= 0.3 is 0 Å². The number of nitrogens with zero attached hydrogens (tertiary/aromatic N) is 2. The number of carbonyl (C=O) groups excluding carboxylic acids is 1. The highest BCUT2D eigenvalue weighted by molar-refractivity contribution is 5.75. The van der Waals surface area contributed by atoms with Gasteiger partial charge in [-0.1, -0.05) is 0 Å². The molecule has 9 heavy (non-hydrogen) atoms. The monoisotopic (exact) mass is 129 g/mol. The van der Waals surface area contributed by atoms with E-state index < -0.39 is 11.5 Å². The Hall–Kier alpha value is -0.930. The zero-order valence-corrected chi connectivity index (χ0v) is 5.71. The van der Waals surface area contributed by atoms with Crippen molar-refractivity contribution in [3.8, 4) is 0 Å². The summed E-state index contributed by atoms with van der Waals surface area (Å²) in [5.74, 6) is -1.21. The van der Waals surface area contributed by atoms with Gasteiger partial charge < -0.3 is 9.90 Å². The molecule has 0 bridgehead atoms. The Labute approximate surface area is 53.6 Å². The number of aliphatic carboxylic acids is 1. The molecule has 0 radical (unpaired) electrons. The van der Waals surface area contributed by atoms with E-state index in [4.69, 9.17) is 0 Å². The largest absolute Gasteiger partial charge is 0.547 e. The van der Waals surface area contributed by atoms with Gasteiger partial charge in [-0.25, -0.2) is 0 Å². The zero-order valence-electron chi connectivity index (χ0n) is 5.71. The highest BCUT2D eigenvalue weighted by Crippen LogP contribution is 2.06. The SMILES string of the molecule is CN=NC(C)(C)C(=O)[O-]. The first-order valence-electron chi connectivity index (χ1n) is 2.53. The van der Waals surface area contributed by atoms with Crippen molar-refractivity contribution in [1.29, 1.82) is 0 Å². The van der Waals surface area contributed by atoms with Gasteiger partial charge in [-0.15, -0.1) is 0 Å². The van der Waals surface area contributed by atoms with Gasteiger partial charge in [-0.05, 0) is 13.8 Å². The maximum atomic E-state index is 10.1. The van der Waals surface area contributed by atoms with Crippen molar-refractivity contribution in [3.63, 3.8) is 0 Å². The fraction of sp³-hybridized carbons (Fsp3) is 0.800. The summed E-state index contributed by atoms with van der Waals surface area (Å²) in [5.41, 5.74) is -1.19. The molecule has 0 saturated carbocycles. The number of carboxylic acids is 1. The summed E-state index contributed by atoms with van der Waals surface area (Å²) in [7, 11) is 1.42. The molecule has 0 saturated heterocycles. The van der Waals surface area contributed by atoms with E-state index in [0.29, 0.717) is 0 Å². The van der Waals surface area contributed by atoms with Crippen LogP contribution in [0.4, 0.5) is 0 Å². The van der Waals surface area contributed by atoms with E-state index in [1.165, 1.54) is 20.9 Å². The number of rotatable bonds is 2. The average Bonchev–Trinajstić information content (AvgIpc) is 1.65. The number of carboxylic acid groups (broad SMARTS) is 1. The summed E-state index contributed by atoms with van der Waals surface area (Å²) in [6, 6.07) is 0. The minimum absolute atomic E-state index is 1.19. The van der Waals surface area contributed by atoms with Crippen molar-refractivity contribution in [2.24, 2.45) is 10.2 Å². The second kappa shape index (κ2) is 2.57. The molecule has 0 N–H and O–H groups in total. The Morgan fingerprint density at radius 2 is 2.00 bits per heavy atom. The van der Waals surface area contributed by atoms with E-state index in [1.54, 1.807) is 0 Å². The van der Waals surface area contributed by atoms with Crippen LogP contribution in [0, 0.1) is 0 Å². The summed E-state index contributed by atoms with van der Waals surface area (Å²) in [5, 5.41) is 16.9. The molecule has 0 spiro atoms. The van der Waals surface area contributed by atoms with Crippen LogP contribution in [0.1, 0.15) is 13.8 Å². The predicted molar refractivity (Wildman–Crippen MR) is 29.9 cm³/mol. The van der Waals surface area contributed by atoms with E-state index in [1.807, 2.05) is 0 Å². The third-order valence-electron chi connectivity index (χ3n) is 0.850. The van der Waals surface area contributed by atoms with Gasteiger partial charge in [0.2, 0.25) is 0 Å². The molecule has 4 heteroatoms. The highest BCUT2D eigenvalue weighted by atomic mass is 16.4. The van der Waals surface area contributed by atoms with Gasteiger partial charge in [0.15, 0.2) is 0 Å². The summed E-state index contributed by atoms with van der Waals surface area (Å²) in [4.78, 5) is 10.1. The maximum Gasteiger partial charge on any atom is 0.115 e. The van der Waals surface area contributed by atoms with Gasteiger partial charge in [0.05, 0.1) is 5.97 Å². The lowest BCUT2D eigenvalue weighted by atomic mass is 10.1. The number of hydrogen-bond acceptors (Lipinski definition) is 4. The van der Waals surface area contributed by atoms with E-state index in [0.717, 1.165) is 0 Å². The van der Waals surface area contributed by atoms with E-state index in [9.17, 15) is 9.90 Å². The molecule has 4 nitrogen and oxygen atoms in total. The topological polar surface area (TPSA) is 64.8 Å². The van der Waals surface area contributed by atoms with Crippen LogP contribution in [0.25, 0.3) is 0 Å². The molecular formula is C5H9N2O2-. The van der Waals surface area contributed by atoms with Crippen LogP contribution in [0.2, 0.25) is 0 Å². The lowest BCUT2D eigenvalue weighted by Crippen LogP contribution is -2.41. The first-order valence-corrected chi connectivity index (χ1v) is 2.53. The van der Waals surface area contributed by atoms with E-state index >= 15 is 0 Å². The van der Waals surface area contributed by atoms with Crippen molar-refractivity contribution in [1.82, 2.24) is 0 Å². The number of hydrogen-bond donors (Lipinski definition) is 0. The molecule has 0 atom stereocenters. The van der Waals surface area contributed by atoms with Crippen LogP contribution < -0.4 is 5.11 Å². The van der Waals surface area contributed by atoms with Crippen LogP contribution in [-0.4, -0.2) is 18.6 Å². The van der Waals surface area contributed by atoms with Crippen LogP contribution in [0.3, 0.4) is 0 Å². The van der Waals surface area contributed by atoms with E-state index in [-0.39, 0.29) is 0 Å². The fourth-order valence-corrected chi connectivity index (χ4v) is 0.291. The van der Waals surface area contributed by atoms with Gasteiger partial charge in [0.1, 0.15) is 5.54 Å². The van der Waals surface area contributed by atoms with Gasteiger partial charge in [-0.3, -0.25) is 0 Å². The lowest BCUT2D eigenvalue weighted by molar-refractivity contribution is -0.311. The molecule has 0 aliphatic rings. The van der Waals surface area contributed by atoms with Gasteiger partial charge in [0, 0.05) is 7.05 Å². The Balaban J connectivity index is 4.19. The minimum Gasteiger partial charge on any atom is -0.547 e. The molecule has 0 aromatic rings. The first-order chi connectivity index (χ1) is 4.00. The minimum atomic E-state index is -1.21. The maximum absolute atomic E-state index is 10.1. The number of azo groups is 1. The van der Waals surface area contributed by atoms with Crippen molar-refractivity contribution in [3.05, 3.63) is 0 Å². The Bertz CT molecular complexity index is 140. The van der Waals surface area contributed by atoms with Crippen molar-refractivity contribution in [2.45, 2.75) is 19.4 Å². The van der Waals surface area contributed by atoms with Crippen LogP contribution in [-0.2, 0) is 4.79 Å². The van der Waals surface area contributed by atoms with Crippen molar-refractivity contribution >= 4 is 5.97 Å². The van der Waals surface area contributed by atoms with E-state index in [2.05, 4.69) is 10.2 Å². The molecule has 0 rings (SSSR count). The van der Waals surface area contributed by atoms with Crippen LogP contribution in [0.5, 0.6) is 0 Å². The molecule has 0 aliphatic carbocycles. The summed E-state index contributed by atoms with van der Waals surface area (Å²) >= 11 is 0. The molecule has 0 aromatic carbocycles. The third-order valence-corrected chi connectivity index (χ3v) is 0.850. The first kappa shape index (κ1) is 8.07. The average molecular weight is 129 g/mol. The third kappa shape index (κ3) is 2.21. The molecule has 0 aromatic heterocycles. The second-order valence-corrected chi connectivity index (χ2v) is 2.15. The molecule has 0 aliphatic heterocycles. The summed E-state index contributed by atoms with van der Waals surface area (Å²) in [6.45, 7) is 2.85. The normalized spacial score (nSPS) is 12.3. The molecule has 52 valence electrons. The number of carbonyl (C=O) groups is 1. The zero-order chi connectivity index (χ0) is 7.49. The van der Waals surface area contributed by atoms with Crippen LogP contribution >= 0.6 is 0 Å². The smallest absolute Gasteiger partial charge is 0.115 e. The molecule has 0 amide bonds. The standard InChI is InChI=1S/C5H10N2O2/c1-5(2,4(8)9)7-6-3/h1-3H3,(H,8,9)/p-1. The Morgan fingerprint density at radius 1 is 1.56 bits per heavy atom. The molecule has 0 fully saturated rings. The summed E-state index contributed by atoms with van der Waals surface area (Å²) < 4.78 is 0. The van der Waals surface area contributed by atoms with Gasteiger partial charge in [0.25, 0.3) is 0 Å².